The Balaban J connectivity index is 1.51. The molecule has 0 radical (unpaired) electrons. The number of esters is 1. The molecule has 36 heavy (non-hydrogen) atoms. The Morgan fingerprint density at radius 3 is 2.42 bits per heavy atom. The average molecular weight is 479 g/mol. The van der Waals surface area contributed by atoms with Gasteiger partial charge >= 0.3 is 5.97 Å². The van der Waals surface area contributed by atoms with Crippen LogP contribution in [0.15, 0.2) is 72.8 Å². The van der Waals surface area contributed by atoms with Crippen LogP contribution >= 0.6 is 0 Å². The maximum absolute atomic E-state index is 14.3. The minimum atomic E-state index is -0.704. The van der Waals surface area contributed by atoms with E-state index in [0.29, 0.717) is 23.2 Å². The van der Waals surface area contributed by atoms with Crippen molar-refractivity contribution in [3.8, 4) is 0 Å². The number of nitrogens with zero attached hydrogens (tertiary/aromatic N) is 1. The molecule has 3 atom stereocenters. The number of hydrogen-bond acceptors (Lipinski definition) is 4. The van der Waals surface area contributed by atoms with E-state index in [9.17, 15) is 9.59 Å². The highest BCUT2D eigenvalue weighted by Gasteiger charge is 2.55. The van der Waals surface area contributed by atoms with E-state index >= 15 is 0 Å². The van der Waals surface area contributed by atoms with Crippen LogP contribution in [0.5, 0.6) is 0 Å². The Hall–Kier alpha value is -3.70. The number of fused-ring (bicyclic) bond motifs is 3. The third-order valence-corrected chi connectivity index (χ3v) is 8.20. The van der Waals surface area contributed by atoms with Crippen molar-refractivity contribution in [3.05, 3.63) is 106 Å². The maximum atomic E-state index is 14.3. The number of aromatic nitrogens is 1. The van der Waals surface area contributed by atoms with Crippen molar-refractivity contribution in [2.75, 3.05) is 13.1 Å². The molecule has 3 aromatic carbocycles. The Morgan fingerprint density at radius 1 is 0.972 bits per heavy atom. The summed E-state index contributed by atoms with van der Waals surface area (Å²) < 4.78 is 8.37. The number of ether oxygens (including phenoxy) is 1. The molecule has 2 aliphatic rings. The Bertz CT molecular complexity index is 1490. The molecule has 182 valence electrons. The lowest BCUT2D eigenvalue weighted by Crippen LogP contribution is -2.53. The molecule has 4 aromatic rings. The van der Waals surface area contributed by atoms with Crippen molar-refractivity contribution in [2.45, 2.75) is 32.9 Å². The summed E-state index contributed by atoms with van der Waals surface area (Å²) in [4.78, 5) is 27.6. The van der Waals surface area contributed by atoms with Gasteiger partial charge in [-0.3, -0.25) is 4.79 Å². The molecule has 2 aliphatic heterocycles. The second kappa shape index (κ2) is 8.45. The molecule has 1 saturated heterocycles. The Morgan fingerprint density at radius 2 is 1.67 bits per heavy atom. The zero-order chi connectivity index (χ0) is 25.0. The minimum absolute atomic E-state index is 0.103. The fourth-order valence-electron chi connectivity index (χ4n) is 6.41. The van der Waals surface area contributed by atoms with E-state index in [1.807, 2.05) is 55.5 Å². The summed E-state index contributed by atoms with van der Waals surface area (Å²) in [5.41, 5.74) is 4.73. The molecule has 0 saturated carbocycles. The predicted molar refractivity (Wildman–Crippen MR) is 140 cm³/mol. The second-order valence-electron chi connectivity index (χ2n) is 10.2. The van der Waals surface area contributed by atoms with Crippen LogP contribution in [-0.4, -0.2) is 29.4 Å². The number of nitrogens with one attached hydrogen (secondary N) is 1. The number of para-hydroxylation sites is 1. The number of hydrogen-bond donors (Lipinski definition) is 1. The van der Waals surface area contributed by atoms with Crippen molar-refractivity contribution in [1.82, 2.24) is 9.88 Å². The van der Waals surface area contributed by atoms with Crippen LogP contribution in [0.25, 0.3) is 10.9 Å². The summed E-state index contributed by atoms with van der Waals surface area (Å²) in [6, 6.07) is 23.9. The SMILES string of the molecule is Cc1c(C(=O)c2cccc3c2C(=O)OC32[C@H](C)CNC[C@@H]2C)c2ccccc2n1Cc1ccccc1. The Labute approximate surface area is 211 Å². The van der Waals surface area contributed by atoms with Gasteiger partial charge in [0.1, 0.15) is 5.60 Å². The number of carbonyl (C=O) groups is 2. The molecular weight excluding hydrogens is 448 g/mol. The van der Waals surface area contributed by atoms with Gasteiger partial charge in [0.05, 0.1) is 11.1 Å². The summed E-state index contributed by atoms with van der Waals surface area (Å²) >= 11 is 0. The summed E-state index contributed by atoms with van der Waals surface area (Å²) in [7, 11) is 0. The van der Waals surface area contributed by atoms with E-state index in [1.165, 1.54) is 5.56 Å². The van der Waals surface area contributed by atoms with E-state index in [4.69, 9.17) is 4.74 Å². The van der Waals surface area contributed by atoms with Gasteiger partial charge in [-0.2, -0.15) is 0 Å². The standard InChI is InChI=1S/C31H30N2O3/c1-19-16-32-17-20(2)31(19)25-14-9-13-24(28(25)30(35)36-31)29(34)27-21(3)33(18-22-10-5-4-6-11-22)26-15-8-7-12-23(26)27/h4-15,19-20,32H,16-18H2,1-3H3/t19-,20+,31?. The largest absolute Gasteiger partial charge is 0.450 e. The van der Waals surface area contributed by atoms with E-state index in [1.54, 1.807) is 6.07 Å². The van der Waals surface area contributed by atoms with Gasteiger partial charge in [0.25, 0.3) is 0 Å². The van der Waals surface area contributed by atoms with Crippen LogP contribution in [-0.2, 0) is 16.9 Å². The third kappa shape index (κ3) is 3.19. The van der Waals surface area contributed by atoms with E-state index in [0.717, 1.165) is 35.2 Å². The molecule has 0 amide bonds. The first-order chi connectivity index (χ1) is 17.4. The van der Waals surface area contributed by atoms with Crippen molar-refractivity contribution < 1.29 is 14.3 Å². The quantitative estimate of drug-likeness (QED) is 0.312. The zero-order valence-electron chi connectivity index (χ0n) is 20.9. The van der Waals surface area contributed by atoms with Crippen LogP contribution in [0.2, 0.25) is 0 Å². The van der Waals surface area contributed by atoms with Gasteiger partial charge in [-0.25, -0.2) is 4.79 Å². The van der Waals surface area contributed by atoms with Crippen LogP contribution < -0.4 is 5.32 Å². The first kappa shape index (κ1) is 22.7. The second-order valence-corrected chi connectivity index (χ2v) is 10.2. The fraction of sp³-hybridized carbons (Fsp3) is 0.290. The van der Waals surface area contributed by atoms with Crippen LogP contribution in [0.4, 0.5) is 0 Å². The number of ketones is 1. The highest BCUT2D eigenvalue weighted by atomic mass is 16.6. The van der Waals surface area contributed by atoms with Gasteiger partial charge < -0.3 is 14.6 Å². The predicted octanol–water partition coefficient (Wildman–Crippen LogP) is 5.47. The first-order valence-electron chi connectivity index (χ1n) is 12.7. The van der Waals surface area contributed by atoms with Crippen LogP contribution in [0, 0.1) is 18.8 Å². The molecule has 1 unspecified atom stereocenters. The monoisotopic (exact) mass is 478 g/mol. The summed E-state index contributed by atoms with van der Waals surface area (Å²) in [6.45, 7) is 8.42. The van der Waals surface area contributed by atoms with Gasteiger partial charge in [0.2, 0.25) is 0 Å². The molecule has 6 rings (SSSR count). The topological polar surface area (TPSA) is 60.3 Å². The van der Waals surface area contributed by atoms with Crippen molar-refractivity contribution in [2.24, 2.45) is 11.8 Å². The molecule has 5 nitrogen and oxygen atoms in total. The summed E-state index contributed by atoms with van der Waals surface area (Å²) in [5.74, 6) is -0.312. The Kier molecular flexibility index (Phi) is 5.34. The molecule has 1 N–H and O–H groups in total. The molecule has 3 heterocycles. The lowest BCUT2D eigenvalue weighted by atomic mass is 9.70. The van der Waals surface area contributed by atoms with Gasteiger partial charge in [-0.15, -0.1) is 0 Å². The molecule has 1 fully saturated rings. The van der Waals surface area contributed by atoms with Crippen molar-refractivity contribution >= 4 is 22.7 Å². The van der Waals surface area contributed by atoms with Crippen molar-refractivity contribution in [1.29, 1.82) is 0 Å². The molecule has 5 heteroatoms. The van der Waals surface area contributed by atoms with E-state index in [-0.39, 0.29) is 23.6 Å². The third-order valence-electron chi connectivity index (χ3n) is 8.20. The van der Waals surface area contributed by atoms with Crippen LogP contribution in [0.1, 0.15) is 56.9 Å². The maximum Gasteiger partial charge on any atom is 0.340 e. The van der Waals surface area contributed by atoms with Gasteiger partial charge in [0.15, 0.2) is 5.78 Å². The number of rotatable bonds is 4. The minimum Gasteiger partial charge on any atom is -0.450 e. The highest BCUT2D eigenvalue weighted by Crippen LogP contribution is 2.49. The van der Waals surface area contributed by atoms with Crippen molar-refractivity contribution in [3.63, 3.8) is 0 Å². The lowest BCUT2D eigenvalue weighted by Gasteiger charge is -2.44. The summed E-state index contributed by atoms with van der Waals surface area (Å²) in [5, 5.41) is 4.33. The van der Waals surface area contributed by atoms with Gasteiger partial charge in [-0.05, 0) is 18.6 Å². The smallest absolute Gasteiger partial charge is 0.340 e. The van der Waals surface area contributed by atoms with Gasteiger partial charge in [0, 0.05) is 59.2 Å². The molecule has 0 aliphatic carbocycles. The first-order valence-corrected chi connectivity index (χ1v) is 12.7. The summed E-state index contributed by atoms with van der Waals surface area (Å²) in [6.07, 6.45) is 0. The molecule has 1 spiro atoms. The van der Waals surface area contributed by atoms with E-state index in [2.05, 4.69) is 41.9 Å². The van der Waals surface area contributed by atoms with Gasteiger partial charge in [-0.1, -0.05) is 80.6 Å². The fourth-order valence-corrected chi connectivity index (χ4v) is 6.41. The molecule has 1 aromatic heterocycles. The molecule has 0 bridgehead atoms. The zero-order valence-corrected chi connectivity index (χ0v) is 20.9. The van der Waals surface area contributed by atoms with Crippen LogP contribution in [0.3, 0.4) is 0 Å². The van der Waals surface area contributed by atoms with E-state index < -0.39 is 5.60 Å². The average Bonchev–Trinajstić information content (AvgIpc) is 3.35. The number of benzene rings is 3. The normalized spacial score (nSPS) is 23.1. The number of carbonyl (C=O) groups excluding carboxylic acids is 2. The lowest BCUT2D eigenvalue weighted by molar-refractivity contribution is -0.0853. The number of piperidine rings is 1. The highest BCUT2D eigenvalue weighted by molar-refractivity contribution is 6.21. The molecular formula is C31H30N2O3.